The molecule has 102 valence electrons. The molecular formula is C14H9Cl2NO3. The van der Waals surface area contributed by atoms with Gasteiger partial charge in [0.05, 0.1) is 4.92 Å². The summed E-state index contributed by atoms with van der Waals surface area (Å²) in [6, 6.07) is 11.8. The molecule has 0 N–H and O–H groups in total. The molecule has 0 aliphatic rings. The lowest BCUT2D eigenvalue weighted by Crippen LogP contribution is -1.89. The summed E-state index contributed by atoms with van der Waals surface area (Å²) < 4.78 is 5.66. The van der Waals surface area contributed by atoms with Gasteiger partial charge in [0.1, 0.15) is 11.5 Å². The highest BCUT2D eigenvalue weighted by Crippen LogP contribution is 2.30. The Bertz CT molecular complexity index is 651. The number of nitro groups is 1. The maximum absolute atomic E-state index is 10.4. The van der Waals surface area contributed by atoms with Crippen molar-refractivity contribution in [2.75, 3.05) is 0 Å². The lowest BCUT2D eigenvalue weighted by molar-refractivity contribution is -0.400. The minimum atomic E-state index is -0.535. The quantitative estimate of drug-likeness (QED) is 0.587. The number of ether oxygens (including phenoxy) is 1. The maximum atomic E-state index is 10.4. The molecule has 0 heterocycles. The second-order valence-electron chi connectivity index (χ2n) is 3.85. The molecule has 6 heteroatoms. The van der Waals surface area contributed by atoms with E-state index in [1.165, 1.54) is 6.08 Å². The topological polar surface area (TPSA) is 52.4 Å². The standard InChI is InChI=1S/C14H9Cl2NO3/c15-11-7-12(16)9-13(8-11)20-14-4-2-1-3-10(14)5-6-17(18)19/h1-9H. The van der Waals surface area contributed by atoms with E-state index in [0.29, 0.717) is 27.1 Å². The molecule has 2 aromatic rings. The fourth-order valence-electron chi connectivity index (χ4n) is 1.57. The van der Waals surface area contributed by atoms with Crippen LogP contribution in [0.2, 0.25) is 10.0 Å². The van der Waals surface area contributed by atoms with Crippen LogP contribution in [0, 0.1) is 10.1 Å². The van der Waals surface area contributed by atoms with Gasteiger partial charge in [0, 0.05) is 21.7 Å². The molecular weight excluding hydrogens is 301 g/mol. The van der Waals surface area contributed by atoms with E-state index in [2.05, 4.69) is 0 Å². The normalized spacial score (nSPS) is 10.7. The van der Waals surface area contributed by atoms with Crippen LogP contribution in [0.5, 0.6) is 11.5 Å². The van der Waals surface area contributed by atoms with E-state index in [9.17, 15) is 10.1 Å². The number of hydrogen-bond donors (Lipinski definition) is 0. The van der Waals surface area contributed by atoms with Crippen LogP contribution in [0.3, 0.4) is 0 Å². The lowest BCUT2D eigenvalue weighted by atomic mass is 10.2. The van der Waals surface area contributed by atoms with Gasteiger partial charge in [-0.05, 0) is 24.3 Å². The highest BCUT2D eigenvalue weighted by atomic mass is 35.5. The van der Waals surface area contributed by atoms with Crippen molar-refractivity contribution in [2.45, 2.75) is 0 Å². The Kier molecular flexibility index (Phi) is 4.61. The van der Waals surface area contributed by atoms with Crippen molar-refractivity contribution in [1.29, 1.82) is 0 Å². The number of hydrogen-bond acceptors (Lipinski definition) is 3. The first-order valence-electron chi connectivity index (χ1n) is 5.59. The van der Waals surface area contributed by atoms with Crippen LogP contribution in [0.1, 0.15) is 5.56 Å². The predicted molar refractivity (Wildman–Crippen MR) is 79.0 cm³/mol. The lowest BCUT2D eigenvalue weighted by Gasteiger charge is -2.09. The summed E-state index contributed by atoms with van der Waals surface area (Å²) in [5.41, 5.74) is 0.584. The molecule has 0 unspecified atom stereocenters. The summed E-state index contributed by atoms with van der Waals surface area (Å²) in [6.45, 7) is 0. The monoisotopic (exact) mass is 309 g/mol. The minimum Gasteiger partial charge on any atom is -0.457 e. The fourth-order valence-corrected chi connectivity index (χ4v) is 2.07. The SMILES string of the molecule is O=[N+]([O-])C=Cc1ccccc1Oc1cc(Cl)cc(Cl)c1. The number of benzene rings is 2. The Hall–Kier alpha value is -2.04. The molecule has 0 saturated heterocycles. The van der Waals surface area contributed by atoms with Gasteiger partial charge in [-0.1, -0.05) is 41.4 Å². The molecule has 0 aromatic heterocycles. The Morgan fingerprint density at radius 3 is 2.40 bits per heavy atom. The van der Waals surface area contributed by atoms with Gasteiger partial charge in [-0.2, -0.15) is 0 Å². The average molecular weight is 310 g/mol. The molecule has 0 aliphatic heterocycles. The third-order valence-electron chi connectivity index (χ3n) is 2.36. The molecule has 0 radical (unpaired) electrons. The van der Waals surface area contributed by atoms with Gasteiger partial charge in [-0.3, -0.25) is 10.1 Å². The van der Waals surface area contributed by atoms with Gasteiger partial charge < -0.3 is 4.74 Å². The zero-order valence-electron chi connectivity index (χ0n) is 10.1. The Morgan fingerprint density at radius 1 is 1.10 bits per heavy atom. The fraction of sp³-hybridized carbons (Fsp3) is 0. The van der Waals surface area contributed by atoms with Crippen molar-refractivity contribution in [3.63, 3.8) is 0 Å². The van der Waals surface area contributed by atoms with Gasteiger partial charge in [-0.15, -0.1) is 0 Å². The molecule has 0 saturated carbocycles. The molecule has 4 nitrogen and oxygen atoms in total. The van der Waals surface area contributed by atoms with Crippen molar-refractivity contribution in [1.82, 2.24) is 0 Å². The van der Waals surface area contributed by atoms with E-state index in [-0.39, 0.29) is 0 Å². The van der Waals surface area contributed by atoms with Crippen LogP contribution in [0.4, 0.5) is 0 Å². The molecule has 0 spiro atoms. The molecule has 0 bridgehead atoms. The Balaban J connectivity index is 2.31. The molecule has 2 aromatic carbocycles. The average Bonchev–Trinajstić information content (AvgIpc) is 2.36. The maximum Gasteiger partial charge on any atom is 0.235 e. The highest BCUT2D eigenvalue weighted by Gasteiger charge is 2.05. The summed E-state index contributed by atoms with van der Waals surface area (Å²) in [5.74, 6) is 0.938. The number of nitrogens with zero attached hydrogens (tertiary/aromatic N) is 1. The first-order valence-corrected chi connectivity index (χ1v) is 6.35. The summed E-state index contributed by atoms with van der Waals surface area (Å²) >= 11 is 11.8. The summed E-state index contributed by atoms with van der Waals surface area (Å²) in [4.78, 5) is 9.84. The highest BCUT2D eigenvalue weighted by molar-refractivity contribution is 6.34. The van der Waals surface area contributed by atoms with Crippen molar-refractivity contribution in [3.8, 4) is 11.5 Å². The second-order valence-corrected chi connectivity index (χ2v) is 4.72. The van der Waals surface area contributed by atoms with E-state index in [4.69, 9.17) is 27.9 Å². The van der Waals surface area contributed by atoms with Crippen LogP contribution in [-0.4, -0.2) is 4.92 Å². The molecule has 0 atom stereocenters. The van der Waals surface area contributed by atoms with Crippen molar-refractivity contribution in [3.05, 3.63) is 74.4 Å². The minimum absolute atomic E-state index is 0.450. The molecule has 2 rings (SSSR count). The van der Waals surface area contributed by atoms with Gasteiger partial charge in [0.15, 0.2) is 0 Å². The predicted octanol–water partition coefficient (Wildman–Crippen LogP) is 5.03. The molecule has 20 heavy (non-hydrogen) atoms. The van der Waals surface area contributed by atoms with Gasteiger partial charge in [0.2, 0.25) is 6.20 Å². The van der Waals surface area contributed by atoms with Crippen molar-refractivity contribution >= 4 is 29.3 Å². The summed E-state index contributed by atoms with van der Waals surface area (Å²) in [5, 5.41) is 11.3. The van der Waals surface area contributed by atoms with Gasteiger partial charge in [-0.25, -0.2) is 0 Å². The number of rotatable bonds is 4. The second kappa shape index (κ2) is 6.41. The van der Waals surface area contributed by atoms with Gasteiger partial charge >= 0.3 is 0 Å². The first-order chi connectivity index (χ1) is 9.54. The van der Waals surface area contributed by atoms with E-state index in [1.54, 1.807) is 42.5 Å². The smallest absolute Gasteiger partial charge is 0.235 e. The van der Waals surface area contributed by atoms with Crippen LogP contribution in [-0.2, 0) is 0 Å². The third-order valence-corrected chi connectivity index (χ3v) is 2.80. The molecule has 0 fully saturated rings. The van der Waals surface area contributed by atoms with Crippen LogP contribution in [0.25, 0.3) is 6.08 Å². The number of halogens is 2. The first kappa shape index (κ1) is 14.4. The Morgan fingerprint density at radius 2 is 1.75 bits per heavy atom. The molecule has 0 aliphatic carbocycles. The van der Waals surface area contributed by atoms with E-state index in [0.717, 1.165) is 6.20 Å². The number of para-hydroxylation sites is 1. The largest absolute Gasteiger partial charge is 0.457 e. The summed E-state index contributed by atoms with van der Waals surface area (Å²) in [6.07, 6.45) is 2.22. The van der Waals surface area contributed by atoms with E-state index >= 15 is 0 Å². The van der Waals surface area contributed by atoms with Gasteiger partial charge in [0.25, 0.3) is 0 Å². The third kappa shape index (κ3) is 3.98. The van der Waals surface area contributed by atoms with Crippen molar-refractivity contribution in [2.24, 2.45) is 0 Å². The van der Waals surface area contributed by atoms with E-state index < -0.39 is 4.92 Å². The summed E-state index contributed by atoms with van der Waals surface area (Å²) in [7, 11) is 0. The zero-order valence-corrected chi connectivity index (χ0v) is 11.6. The van der Waals surface area contributed by atoms with Crippen LogP contribution >= 0.6 is 23.2 Å². The van der Waals surface area contributed by atoms with Crippen LogP contribution in [0.15, 0.2) is 48.7 Å². The zero-order chi connectivity index (χ0) is 14.5. The van der Waals surface area contributed by atoms with Crippen LogP contribution < -0.4 is 4.74 Å². The van der Waals surface area contributed by atoms with Crippen molar-refractivity contribution < 1.29 is 9.66 Å². The Labute approximate surface area is 125 Å². The molecule has 0 amide bonds. The van der Waals surface area contributed by atoms with E-state index in [1.807, 2.05) is 0 Å².